The summed E-state index contributed by atoms with van der Waals surface area (Å²) in [6.45, 7) is -0.110. The number of anilines is 5. The van der Waals surface area contributed by atoms with Crippen molar-refractivity contribution in [3.63, 3.8) is 0 Å². The van der Waals surface area contributed by atoms with Crippen molar-refractivity contribution in [2.24, 2.45) is 0 Å². The Balaban J connectivity index is 1.13. The molecular formula is C59H37BN2. The minimum atomic E-state index is -0.506. The second kappa shape index (κ2) is 12.6. The van der Waals surface area contributed by atoms with Gasteiger partial charge in [-0.15, -0.1) is 0 Å². The largest absolute Gasteiger partial charge is 0.376 e. The van der Waals surface area contributed by atoms with E-state index in [9.17, 15) is 0 Å². The lowest BCUT2D eigenvalue weighted by atomic mass is 9.42. The number of hydrogen-bond acceptors (Lipinski definition) is 2. The number of nitrogens with zero attached hydrogens (tertiary/aromatic N) is 2. The Bertz CT molecular complexity index is 3440. The minimum Gasteiger partial charge on any atom is -0.376 e. The molecule has 0 saturated carbocycles. The quantitative estimate of drug-likeness (QED) is 0.165. The summed E-state index contributed by atoms with van der Waals surface area (Å²) < 4.78 is 0. The van der Waals surface area contributed by atoms with Crippen LogP contribution in [-0.2, 0) is 5.41 Å². The first-order valence-corrected chi connectivity index (χ1v) is 21.7. The van der Waals surface area contributed by atoms with Crippen LogP contribution in [0.3, 0.4) is 0 Å². The molecule has 10 aromatic carbocycles. The van der Waals surface area contributed by atoms with Crippen LogP contribution in [0.25, 0.3) is 55.3 Å². The van der Waals surface area contributed by atoms with Gasteiger partial charge in [0.15, 0.2) is 0 Å². The Morgan fingerprint density at radius 2 is 0.968 bits per heavy atom. The van der Waals surface area contributed by atoms with Gasteiger partial charge in [0.05, 0.1) is 11.1 Å². The van der Waals surface area contributed by atoms with Crippen molar-refractivity contribution in [1.82, 2.24) is 0 Å². The van der Waals surface area contributed by atoms with Crippen molar-refractivity contribution < 1.29 is 0 Å². The minimum absolute atomic E-state index is 0.110. The van der Waals surface area contributed by atoms with Crippen LogP contribution in [0.5, 0.6) is 0 Å². The van der Waals surface area contributed by atoms with Gasteiger partial charge in [-0.05, 0) is 119 Å². The molecule has 0 N–H and O–H groups in total. The van der Waals surface area contributed by atoms with Crippen LogP contribution >= 0.6 is 0 Å². The van der Waals surface area contributed by atoms with Gasteiger partial charge < -0.3 is 9.71 Å². The predicted octanol–water partition coefficient (Wildman–Crippen LogP) is 13.6. The molecule has 1 spiro atoms. The Hall–Kier alpha value is -7.88. The highest BCUT2D eigenvalue weighted by Crippen LogP contribution is 2.64. The molecule has 3 heteroatoms. The van der Waals surface area contributed by atoms with Crippen molar-refractivity contribution >= 4 is 57.0 Å². The molecule has 0 aromatic heterocycles. The van der Waals surface area contributed by atoms with Crippen LogP contribution in [0.2, 0.25) is 0 Å². The third kappa shape index (κ3) is 4.34. The van der Waals surface area contributed by atoms with Gasteiger partial charge in [-0.25, -0.2) is 0 Å². The molecule has 0 fully saturated rings. The van der Waals surface area contributed by atoms with Crippen molar-refractivity contribution in [3.05, 3.63) is 247 Å². The Labute approximate surface area is 361 Å². The summed E-state index contributed by atoms with van der Waals surface area (Å²) in [6.07, 6.45) is 0. The van der Waals surface area contributed by atoms with Crippen LogP contribution in [0.1, 0.15) is 22.3 Å². The fourth-order valence-electron chi connectivity index (χ4n) is 11.8. The number of rotatable bonds is 3. The highest BCUT2D eigenvalue weighted by atomic mass is 15.2. The molecule has 286 valence electrons. The Morgan fingerprint density at radius 3 is 1.71 bits per heavy atom. The SMILES string of the molecule is c1ccc(-c2ccc(N3B4c5cccc6c5N(c5ccccc5C65c6ccccc6-c6ccccc65)c5cc(-c6ccccc6)cc(c54)-c4c3ccc3ccccc43)cc2)cc1. The molecule has 14 rings (SSSR count). The summed E-state index contributed by atoms with van der Waals surface area (Å²) in [5, 5.41) is 2.50. The first kappa shape index (κ1) is 33.9. The summed E-state index contributed by atoms with van der Waals surface area (Å²) in [7, 11) is 0. The topological polar surface area (TPSA) is 6.48 Å². The number of para-hydroxylation sites is 2. The molecule has 10 aromatic rings. The van der Waals surface area contributed by atoms with E-state index in [4.69, 9.17) is 0 Å². The summed E-state index contributed by atoms with van der Waals surface area (Å²) in [5.41, 5.74) is 23.7. The molecule has 0 amide bonds. The molecule has 3 aliphatic heterocycles. The normalized spacial score (nSPS) is 14.2. The molecule has 3 heterocycles. The van der Waals surface area contributed by atoms with E-state index in [2.05, 4.69) is 234 Å². The van der Waals surface area contributed by atoms with Gasteiger partial charge >= 0.3 is 6.85 Å². The maximum Gasteiger partial charge on any atom is 0.333 e. The maximum atomic E-state index is 2.65. The van der Waals surface area contributed by atoms with E-state index in [1.54, 1.807) is 0 Å². The summed E-state index contributed by atoms with van der Waals surface area (Å²) in [6, 6.07) is 84.2. The van der Waals surface area contributed by atoms with Crippen molar-refractivity contribution in [2.75, 3.05) is 9.71 Å². The van der Waals surface area contributed by atoms with E-state index in [1.807, 2.05) is 0 Å². The van der Waals surface area contributed by atoms with Gasteiger partial charge in [0, 0.05) is 28.3 Å². The van der Waals surface area contributed by atoms with Crippen LogP contribution in [-0.4, -0.2) is 6.85 Å². The predicted molar refractivity (Wildman–Crippen MR) is 259 cm³/mol. The third-order valence-corrected chi connectivity index (χ3v) is 14.2. The van der Waals surface area contributed by atoms with Gasteiger partial charge in [-0.1, -0.05) is 188 Å². The molecular weight excluding hydrogens is 747 g/mol. The average molecular weight is 785 g/mol. The van der Waals surface area contributed by atoms with Crippen molar-refractivity contribution in [1.29, 1.82) is 0 Å². The standard InChI is InChI=1S/C59H37BN2/c1-3-16-38(17-4-1)40-30-33-43(34-31-40)62-54-35-32-41-20-7-8-21-44(41)56(54)47-36-42(39-18-5-2-6-19-39)37-55-57(47)60(62)52-28-15-27-51-58(52)61(55)53-29-14-13-26-50(53)59(51)48-24-11-9-22-45(48)46-23-10-12-25-49(46)59/h1-37H. The highest BCUT2D eigenvalue weighted by Gasteiger charge is 2.55. The molecule has 2 nitrogen and oxygen atoms in total. The highest BCUT2D eigenvalue weighted by molar-refractivity contribution is 6.93. The van der Waals surface area contributed by atoms with E-state index in [1.165, 1.54) is 117 Å². The van der Waals surface area contributed by atoms with Gasteiger partial charge in [0.2, 0.25) is 0 Å². The third-order valence-electron chi connectivity index (χ3n) is 14.2. The monoisotopic (exact) mass is 784 g/mol. The lowest BCUT2D eigenvalue weighted by molar-refractivity contribution is 0.753. The van der Waals surface area contributed by atoms with Crippen LogP contribution in [0.15, 0.2) is 224 Å². The first-order chi connectivity index (χ1) is 30.8. The van der Waals surface area contributed by atoms with Crippen LogP contribution < -0.4 is 20.6 Å². The first-order valence-electron chi connectivity index (χ1n) is 21.7. The van der Waals surface area contributed by atoms with Gasteiger partial charge in [0.25, 0.3) is 0 Å². The van der Waals surface area contributed by atoms with Gasteiger partial charge in [-0.3, -0.25) is 0 Å². The van der Waals surface area contributed by atoms with Crippen molar-refractivity contribution in [3.8, 4) is 44.5 Å². The summed E-state index contributed by atoms with van der Waals surface area (Å²) >= 11 is 0. The number of hydrogen-bond donors (Lipinski definition) is 0. The summed E-state index contributed by atoms with van der Waals surface area (Å²) in [5.74, 6) is 0. The fraction of sp³-hybridized carbons (Fsp3) is 0.0169. The molecule has 0 saturated heterocycles. The second-order valence-corrected chi connectivity index (χ2v) is 17.1. The molecule has 4 aliphatic rings. The van der Waals surface area contributed by atoms with E-state index in [-0.39, 0.29) is 6.85 Å². The van der Waals surface area contributed by atoms with Gasteiger partial charge in [-0.2, -0.15) is 0 Å². The molecule has 1 aliphatic carbocycles. The lowest BCUT2D eigenvalue weighted by Gasteiger charge is -2.51. The zero-order valence-electron chi connectivity index (χ0n) is 33.8. The van der Waals surface area contributed by atoms with E-state index in [0.717, 1.165) is 0 Å². The fourth-order valence-corrected chi connectivity index (χ4v) is 11.8. The lowest BCUT2D eigenvalue weighted by Crippen LogP contribution is -2.62. The smallest absolute Gasteiger partial charge is 0.333 e. The van der Waals surface area contributed by atoms with Crippen LogP contribution in [0.4, 0.5) is 28.4 Å². The second-order valence-electron chi connectivity index (χ2n) is 17.1. The Kier molecular flexibility index (Phi) is 6.88. The molecule has 0 unspecified atom stereocenters. The van der Waals surface area contributed by atoms with Crippen LogP contribution in [0, 0.1) is 0 Å². The number of benzene rings is 10. The molecule has 0 atom stereocenters. The summed E-state index contributed by atoms with van der Waals surface area (Å²) in [4.78, 5) is 5.30. The van der Waals surface area contributed by atoms with Crippen molar-refractivity contribution in [2.45, 2.75) is 5.41 Å². The average Bonchev–Trinajstić information content (AvgIpc) is 3.64. The van der Waals surface area contributed by atoms with E-state index < -0.39 is 5.41 Å². The zero-order valence-corrected chi connectivity index (χ0v) is 33.8. The van der Waals surface area contributed by atoms with E-state index in [0.29, 0.717) is 0 Å². The number of fused-ring (bicyclic) bond motifs is 15. The van der Waals surface area contributed by atoms with E-state index >= 15 is 0 Å². The van der Waals surface area contributed by atoms with Gasteiger partial charge in [0.1, 0.15) is 0 Å². The maximum absolute atomic E-state index is 2.65. The molecule has 62 heavy (non-hydrogen) atoms. The molecule has 0 radical (unpaired) electrons. The Morgan fingerprint density at radius 1 is 0.371 bits per heavy atom. The molecule has 0 bridgehead atoms. The zero-order chi connectivity index (χ0) is 40.5.